The highest BCUT2D eigenvalue weighted by atomic mass is 79.9. The summed E-state index contributed by atoms with van der Waals surface area (Å²) in [4.78, 5) is 37.2. The number of fused-ring (bicyclic) bond motifs is 2. The summed E-state index contributed by atoms with van der Waals surface area (Å²) in [7, 11) is 0. The molecule has 0 N–H and O–H groups in total. The maximum absolute atomic E-state index is 12.9. The SMILES string of the molecule is CCOC(=O)c1ccc(Oc2coc3cc(OC(=O)c4cc5cc(Br)ccc5o4)ccc3c2=O)cc1. The van der Waals surface area contributed by atoms with E-state index in [-0.39, 0.29) is 34.8 Å². The van der Waals surface area contributed by atoms with Gasteiger partial charge in [-0.1, -0.05) is 15.9 Å². The first kappa shape index (κ1) is 23.4. The molecule has 0 fully saturated rings. The number of rotatable bonds is 6. The van der Waals surface area contributed by atoms with Gasteiger partial charge in [-0.3, -0.25) is 4.79 Å². The Balaban J connectivity index is 1.34. The van der Waals surface area contributed by atoms with Crippen LogP contribution in [-0.2, 0) is 4.74 Å². The van der Waals surface area contributed by atoms with Gasteiger partial charge < -0.3 is 23.0 Å². The summed E-state index contributed by atoms with van der Waals surface area (Å²) in [5.74, 6) is -0.597. The molecule has 36 heavy (non-hydrogen) atoms. The Kier molecular flexibility index (Phi) is 6.30. The highest BCUT2D eigenvalue weighted by Crippen LogP contribution is 2.27. The van der Waals surface area contributed by atoms with Crippen molar-refractivity contribution in [1.82, 2.24) is 0 Å². The Morgan fingerprint density at radius 1 is 0.889 bits per heavy atom. The van der Waals surface area contributed by atoms with Crippen LogP contribution in [0.4, 0.5) is 0 Å². The van der Waals surface area contributed by atoms with Crippen LogP contribution in [0.1, 0.15) is 27.8 Å². The fourth-order valence-electron chi connectivity index (χ4n) is 3.50. The molecule has 5 aromatic rings. The van der Waals surface area contributed by atoms with Crippen LogP contribution in [0, 0.1) is 0 Å². The first-order valence-electron chi connectivity index (χ1n) is 10.8. The van der Waals surface area contributed by atoms with E-state index in [1.54, 1.807) is 31.2 Å². The van der Waals surface area contributed by atoms with E-state index in [1.807, 2.05) is 12.1 Å². The molecule has 2 heterocycles. The average molecular weight is 549 g/mol. The molecule has 0 saturated carbocycles. The van der Waals surface area contributed by atoms with E-state index >= 15 is 0 Å². The van der Waals surface area contributed by atoms with E-state index in [0.717, 1.165) is 9.86 Å². The van der Waals surface area contributed by atoms with Crippen LogP contribution in [0.25, 0.3) is 21.9 Å². The van der Waals surface area contributed by atoms with E-state index in [9.17, 15) is 14.4 Å². The maximum atomic E-state index is 12.9. The fraction of sp³-hybridized carbons (Fsp3) is 0.0741. The van der Waals surface area contributed by atoms with E-state index in [0.29, 0.717) is 16.9 Å². The van der Waals surface area contributed by atoms with Gasteiger partial charge in [0.05, 0.1) is 17.6 Å². The van der Waals surface area contributed by atoms with Crippen molar-refractivity contribution < 1.29 is 32.6 Å². The van der Waals surface area contributed by atoms with Crippen LogP contribution in [-0.4, -0.2) is 18.5 Å². The molecule has 0 saturated heterocycles. The molecular formula is C27H17BrO8. The van der Waals surface area contributed by atoms with Crippen LogP contribution in [0.3, 0.4) is 0 Å². The van der Waals surface area contributed by atoms with Gasteiger partial charge in [0.25, 0.3) is 0 Å². The quantitative estimate of drug-likeness (QED) is 0.175. The smallest absolute Gasteiger partial charge is 0.379 e. The van der Waals surface area contributed by atoms with Gasteiger partial charge in [0, 0.05) is 15.9 Å². The molecule has 0 bridgehead atoms. The molecule has 0 aliphatic rings. The van der Waals surface area contributed by atoms with Gasteiger partial charge in [0.1, 0.15) is 28.9 Å². The summed E-state index contributed by atoms with van der Waals surface area (Å²) < 4.78 is 28.0. The van der Waals surface area contributed by atoms with Crippen LogP contribution in [0.2, 0.25) is 0 Å². The monoisotopic (exact) mass is 548 g/mol. The Bertz CT molecular complexity index is 1660. The minimum Gasteiger partial charge on any atom is -0.462 e. The molecular weight excluding hydrogens is 532 g/mol. The topological polar surface area (TPSA) is 105 Å². The first-order chi connectivity index (χ1) is 17.4. The average Bonchev–Trinajstić information content (AvgIpc) is 3.30. The van der Waals surface area contributed by atoms with E-state index in [2.05, 4.69) is 15.9 Å². The van der Waals surface area contributed by atoms with Crippen molar-refractivity contribution in [3.8, 4) is 17.2 Å². The molecule has 0 spiro atoms. The van der Waals surface area contributed by atoms with Crippen molar-refractivity contribution >= 4 is 49.8 Å². The lowest BCUT2D eigenvalue weighted by molar-refractivity contribution is 0.0526. The van der Waals surface area contributed by atoms with Crippen LogP contribution >= 0.6 is 15.9 Å². The van der Waals surface area contributed by atoms with E-state index in [4.69, 9.17) is 23.0 Å². The number of esters is 2. The van der Waals surface area contributed by atoms with Crippen molar-refractivity contribution in [2.75, 3.05) is 6.61 Å². The Labute approximate surface area is 212 Å². The molecule has 2 aromatic heterocycles. The lowest BCUT2D eigenvalue weighted by Crippen LogP contribution is -2.08. The molecule has 0 aliphatic heterocycles. The fourth-order valence-corrected chi connectivity index (χ4v) is 3.88. The summed E-state index contributed by atoms with van der Waals surface area (Å²) in [5, 5.41) is 0.993. The van der Waals surface area contributed by atoms with E-state index < -0.39 is 17.4 Å². The number of carbonyl (C=O) groups is 2. The zero-order chi connectivity index (χ0) is 25.2. The van der Waals surface area contributed by atoms with Gasteiger partial charge >= 0.3 is 11.9 Å². The molecule has 0 amide bonds. The Morgan fingerprint density at radius 3 is 2.44 bits per heavy atom. The number of ether oxygens (including phenoxy) is 3. The highest BCUT2D eigenvalue weighted by molar-refractivity contribution is 9.10. The third-order valence-corrected chi connectivity index (χ3v) is 5.69. The normalized spacial score (nSPS) is 10.9. The molecule has 9 heteroatoms. The molecule has 3 aromatic carbocycles. The molecule has 8 nitrogen and oxygen atoms in total. The van der Waals surface area contributed by atoms with Crippen molar-refractivity contribution in [3.05, 3.63) is 99.0 Å². The first-order valence-corrected chi connectivity index (χ1v) is 11.6. The number of hydrogen-bond donors (Lipinski definition) is 0. The number of benzene rings is 3. The molecule has 0 aliphatic carbocycles. The van der Waals surface area contributed by atoms with Crippen LogP contribution in [0.5, 0.6) is 17.2 Å². The van der Waals surface area contributed by atoms with E-state index in [1.165, 1.54) is 36.6 Å². The summed E-state index contributed by atoms with van der Waals surface area (Å²) in [6.45, 7) is 2.00. The zero-order valence-corrected chi connectivity index (χ0v) is 20.4. The Morgan fingerprint density at radius 2 is 1.67 bits per heavy atom. The highest BCUT2D eigenvalue weighted by Gasteiger charge is 2.17. The van der Waals surface area contributed by atoms with Gasteiger partial charge in [-0.15, -0.1) is 0 Å². The number of hydrogen-bond acceptors (Lipinski definition) is 8. The van der Waals surface area contributed by atoms with Crippen molar-refractivity contribution in [2.45, 2.75) is 6.92 Å². The van der Waals surface area contributed by atoms with Crippen LogP contribution in [0.15, 0.2) is 91.1 Å². The zero-order valence-electron chi connectivity index (χ0n) is 18.8. The van der Waals surface area contributed by atoms with Gasteiger partial charge in [-0.05, 0) is 67.6 Å². The Hall–Kier alpha value is -4.37. The molecule has 180 valence electrons. The second-order valence-electron chi connectivity index (χ2n) is 7.62. The lowest BCUT2D eigenvalue weighted by Gasteiger charge is -2.07. The summed E-state index contributed by atoms with van der Waals surface area (Å²) in [6.07, 6.45) is 1.17. The van der Waals surface area contributed by atoms with Gasteiger partial charge in [-0.2, -0.15) is 0 Å². The second-order valence-corrected chi connectivity index (χ2v) is 8.53. The lowest BCUT2D eigenvalue weighted by atomic mass is 10.2. The third kappa shape index (κ3) is 4.73. The minimum absolute atomic E-state index is 0.0374. The molecule has 5 rings (SSSR count). The van der Waals surface area contributed by atoms with Gasteiger partial charge in [0.2, 0.25) is 16.9 Å². The van der Waals surface area contributed by atoms with Gasteiger partial charge in [0.15, 0.2) is 0 Å². The maximum Gasteiger partial charge on any atom is 0.379 e. The van der Waals surface area contributed by atoms with Crippen molar-refractivity contribution in [1.29, 1.82) is 0 Å². The number of halogens is 1. The van der Waals surface area contributed by atoms with Crippen LogP contribution < -0.4 is 14.9 Å². The second kappa shape index (κ2) is 9.71. The summed E-state index contributed by atoms with van der Waals surface area (Å²) in [5.41, 5.74) is 0.723. The molecule has 0 radical (unpaired) electrons. The van der Waals surface area contributed by atoms with Crippen molar-refractivity contribution in [3.63, 3.8) is 0 Å². The number of carbonyl (C=O) groups excluding carboxylic acids is 2. The number of furan rings is 1. The predicted octanol–water partition coefficient (Wildman–Crippen LogP) is 6.49. The summed E-state index contributed by atoms with van der Waals surface area (Å²) >= 11 is 3.38. The summed E-state index contributed by atoms with van der Waals surface area (Å²) in [6, 6.07) is 17.6. The minimum atomic E-state index is -0.685. The largest absolute Gasteiger partial charge is 0.462 e. The van der Waals surface area contributed by atoms with Crippen molar-refractivity contribution in [2.24, 2.45) is 0 Å². The third-order valence-electron chi connectivity index (χ3n) is 5.20. The molecule has 0 unspecified atom stereocenters. The standard InChI is InChI=1S/C27H17BrO8/c1-2-32-26(30)15-3-6-18(7-4-15)34-24-14-33-22-13-19(8-9-20(22)25(24)29)35-27(31)23-12-16-11-17(28)5-10-21(16)36-23/h3-14H,2H2,1H3. The van der Waals surface area contributed by atoms with Gasteiger partial charge in [-0.25, -0.2) is 9.59 Å². The predicted molar refractivity (Wildman–Crippen MR) is 134 cm³/mol. The molecule has 0 atom stereocenters.